The van der Waals surface area contributed by atoms with Gasteiger partial charge < -0.3 is 0 Å². The molecular weight excluding hydrogens is 288 g/mol. The molecule has 0 bridgehead atoms. The van der Waals surface area contributed by atoms with Gasteiger partial charge in [-0.3, -0.25) is 0 Å². The minimum atomic E-state index is 0.809. The van der Waals surface area contributed by atoms with Crippen LogP contribution in [0.4, 0.5) is 0 Å². The minimum Gasteiger partial charge on any atom is -0.103 e. The van der Waals surface area contributed by atoms with Crippen molar-refractivity contribution >= 4 is 6.08 Å². The molecule has 0 saturated heterocycles. The summed E-state index contributed by atoms with van der Waals surface area (Å²) in [6.07, 6.45) is 17.0. The van der Waals surface area contributed by atoms with Gasteiger partial charge in [0.25, 0.3) is 0 Å². The Kier molecular flexibility index (Phi) is 4.66. The summed E-state index contributed by atoms with van der Waals surface area (Å²) in [7, 11) is 0. The van der Waals surface area contributed by atoms with Gasteiger partial charge in [0.05, 0.1) is 0 Å². The van der Waals surface area contributed by atoms with E-state index in [1.54, 1.807) is 11.1 Å². The van der Waals surface area contributed by atoms with E-state index in [1.165, 1.54) is 63.4 Å². The lowest BCUT2D eigenvalue weighted by Gasteiger charge is -2.44. The molecule has 3 aliphatic carbocycles. The Morgan fingerprint density at radius 1 is 0.792 bits per heavy atom. The van der Waals surface area contributed by atoms with Crippen LogP contribution < -0.4 is 0 Å². The molecule has 0 aliphatic heterocycles. The summed E-state index contributed by atoms with van der Waals surface area (Å²) in [5, 5.41) is 0. The molecule has 1 aromatic carbocycles. The van der Waals surface area contributed by atoms with Gasteiger partial charge in [0.1, 0.15) is 0 Å². The van der Waals surface area contributed by atoms with E-state index in [0.29, 0.717) is 0 Å². The van der Waals surface area contributed by atoms with Crippen molar-refractivity contribution in [1.29, 1.82) is 0 Å². The highest BCUT2D eigenvalue weighted by atomic mass is 14.4. The lowest BCUT2D eigenvalue weighted by atomic mass is 9.61. The zero-order chi connectivity index (χ0) is 16.5. The Bertz CT molecular complexity index is 610. The fourth-order valence-corrected chi connectivity index (χ4v) is 5.94. The molecule has 0 spiro atoms. The molecule has 24 heavy (non-hydrogen) atoms. The number of hydrogen-bond donors (Lipinski definition) is 0. The van der Waals surface area contributed by atoms with Crippen molar-refractivity contribution in [2.45, 2.75) is 57.8 Å². The molecule has 0 aromatic heterocycles. The third-order valence-corrected chi connectivity index (χ3v) is 7.43. The third kappa shape index (κ3) is 3.13. The zero-order valence-electron chi connectivity index (χ0n) is 15.1. The molecule has 5 atom stereocenters. The lowest BCUT2D eigenvalue weighted by molar-refractivity contribution is 0.0811. The summed E-state index contributed by atoms with van der Waals surface area (Å²) in [6, 6.07) is 6.99. The highest BCUT2D eigenvalue weighted by Crippen LogP contribution is 2.48. The molecular formula is C24H32. The molecule has 2 saturated carbocycles. The second-order valence-corrected chi connectivity index (χ2v) is 8.64. The summed E-state index contributed by atoms with van der Waals surface area (Å²) in [5.74, 6) is 4.75. The largest absolute Gasteiger partial charge is 0.103 e. The SMILES string of the molecule is C=Cc1ccc2c(c1)CCC(C1CCC3CC(C=C)CCC3C1)C2. The van der Waals surface area contributed by atoms with E-state index in [9.17, 15) is 0 Å². The fraction of sp³-hybridized carbons (Fsp3) is 0.583. The van der Waals surface area contributed by atoms with Crippen LogP contribution in [0.25, 0.3) is 6.08 Å². The molecule has 0 heteroatoms. The van der Waals surface area contributed by atoms with E-state index in [0.717, 1.165) is 29.6 Å². The van der Waals surface area contributed by atoms with E-state index in [2.05, 4.69) is 37.4 Å². The van der Waals surface area contributed by atoms with Crippen molar-refractivity contribution in [3.8, 4) is 0 Å². The number of rotatable bonds is 3. The summed E-state index contributed by atoms with van der Waals surface area (Å²) < 4.78 is 0. The molecule has 1 aromatic rings. The molecule has 0 heterocycles. The molecule has 5 unspecified atom stereocenters. The minimum absolute atomic E-state index is 0.809. The second kappa shape index (κ2) is 6.90. The average Bonchev–Trinajstić information content (AvgIpc) is 2.66. The molecule has 0 amide bonds. The van der Waals surface area contributed by atoms with Crippen molar-refractivity contribution < 1.29 is 0 Å². The van der Waals surface area contributed by atoms with E-state index < -0.39 is 0 Å². The number of allylic oxidation sites excluding steroid dienone is 1. The zero-order valence-corrected chi connectivity index (χ0v) is 15.1. The van der Waals surface area contributed by atoms with Gasteiger partial charge in [0.15, 0.2) is 0 Å². The summed E-state index contributed by atoms with van der Waals surface area (Å²) in [6.45, 7) is 7.95. The van der Waals surface area contributed by atoms with Crippen LogP contribution in [0.2, 0.25) is 0 Å². The van der Waals surface area contributed by atoms with Crippen LogP contribution in [0.15, 0.2) is 37.4 Å². The van der Waals surface area contributed by atoms with Crippen LogP contribution in [-0.4, -0.2) is 0 Å². The molecule has 4 rings (SSSR count). The average molecular weight is 321 g/mol. The van der Waals surface area contributed by atoms with E-state index in [1.807, 2.05) is 6.08 Å². The maximum Gasteiger partial charge on any atom is -0.0233 e. The summed E-state index contributed by atoms with van der Waals surface area (Å²) in [5.41, 5.74) is 4.49. The molecule has 0 N–H and O–H groups in total. The number of hydrogen-bond acceptors (Lipinski definition) is 0. The standard InChI is InChI=1S/C24H32/c1-3-17-5-7-21-15-23(11-9-19(21)13-17)24-12-10-20-14-18(4-2)6-8-22(20)16-24/h3-5,7,13,18,20,22-24H,1-2,6,8-12,14-16H2. The Balaban J connectivity index is 1.41. The van der Waals surface area contributed by atoms with Crippen molar-refractivity contribution in [2.75, 3.05) is 0 Å². The van der Waals surface area contributed by atoms with Crippen LogP contribution in [0.5, 0.6) is 0 Å². The Hall–Kier alpha value is -1.30. The van der Waals surface area contributed by atoms with Crippen molar-refractivity contribution in [2.24, 2.45) is 29.6 Å². The van der Waals surface area contributed by atoms with Gasteiger partial charge in [-0.1, -0.05) is 36.9 Å². The molecule has 0 radical (unpaired) electrons. The quantitative estimate of drug-likeness (QED) is 0.561. The molecule has 2 fully saturated rings. The van der Waals surface area contributed by atoms with Crippen LogP contribution in [0, 0.1) is 29.6 Å². The number of aryl methyl sites for hydroxylation is 1. The first-order chi connectivity index (χ1) is 11.8. The van der Waals surface area contributed by atoms with Gasteiger partial charge in [-0.25, -0.2) is 0 Å². The highest BCUT2D eigenvalue weighted by molar-refractivity contribution is 5.50. The van der Waals surface area contributed by atoms with Gasteiger partial charge in [0.2, 0.25) is 0 Å². The third-order valence-electron chi connectivity index (χ3n) is 7.43. The van der Waals surface area contributed by atoms with E-state index >= 15 is 0 Å². The van der Waals surface area contributed by atoms with Crippen molar-refractivity contribution in [3.63, 3.8) is 0 Å². The Morgan fingerprint density at radius 2 is 1.54 bits per heavy atom. The predicted octanol–water partition coefficient (Wildman–Crippen LogP) is 6.45. The van der Waals surface area contributed by atoms with Gasteiger partial charge in [-0.15, -0.1) is 6.58 Å². The van der Waals surface area contributed by atoms with Gasteiger partial charge >= 0.3 is 0 Å². The topological polar surface area (TPSA) is 0 Å². The van der Waals surface area contributed by atoms with Crippen LogP contribution in [0.3, 0.4) is 0 Å². The Labute approximate surface area is 148 Å². The maximum absolute atomic E-state index is 4.04. The lowest BCUT2D eigenvalue weighted by Crippen LogP contribution is -2.34. The van der Waals surface area contributed by atoms with E-state index in [4.69, 9.17) is 0 Å². The summed E-state index contributed by atoms with van der Waals surface area (Å²) in [4.78, 5) is 0. The van der Waals surface area contributed by atoms with Crippen molar-refractivity contribution in [3.05, 3.63) is 54.1 Å². The monoisotopic (exact) mass is 320 g/mol. The predicted molar refractivity (Wildman–Crippen MR) is 104 cm³/mol. The van der Waals surface area contributed by atoms with Gasteiger partial charge in [-0.2, -0.15) is 0 Å². The normalized spacial score (nSPS) is 35.6. The van der Waals surface area contributed by atoms with Crippen molar-refractivity contribution in [1.82, 2.24) is 0 Å². The van der Waals surface area contributed by atoms with E-state index in [-0.39, 0.29) is 0 Å². The van der Waals surface area contributed by atoms with Crippen LogP contribution in [0.1, 0.15) is 61.6 Å². The number of benzene rings is 1. The maximum atomic E-state index is 4.04. The van der Waals surface area contributed by atoms with Crippen LogP contribution >= 0.6 is 0 Å². The first kappa shape index (κ1) is 16.2. The summed E-state index contributed by atoms with van der Waals surface area (Å²) >= 11 is 0. The molecule has 0 nitrogen and oxygen atoms in total. The Morgan fingerprint density at radius 3 is 2.33 bits per heavy atom. The fourth-order valence-electron chi connectivity index (χ4n) is 5.94. The highest BCUT2D eigenvalue weighted by Gasteiger charge is 2.38. The molecule has 3 aliphatic rings. The number of fused-ring (bicyclic) bond motifs is 2. The van der Waals surface area contributed by atoms with Gasteiger partial charge in [0, 0.05) is 0 Å². The smallest absolute Gasteiger partial charge is 0.0233 e. The molecule has 128 valence electrons. The van der Waals surface area contributed by atoms with Gasteiger partial charge in [-0.05, 0) is 104 Å². The first-order valence-corrected chi connectivity index (χ1v) is 10.1. The second-order valence-electron chi connectivity index (χ2n) is 8.64. The first-order valence-electron chi connectivity index (χ1n) is 10.1. The van der Waals surface area contributed by atoms with Crippen LogP contribution in [-0.2, 0) is 12.8 Å².